The Labute approximate surface area is 178 Å². The highest BCUT2D eigenvalue weighted by atomic mass is 32.1. The number of hydrogen-bond donors (Lipinski definition) is 1. The Balaban J connectivity index is 1.21. The molecule has 0 radical (unpaired) electrons. The van der Waals surface area contributed by atoms with Crippen LogP contribution in [0.5, 0.6) is 5.75 Å². The van der Waals surface area contributed by atoms with Crippen molar-refractivity contribution < 1.29 is 9.13 Å². The molecule has 2 aliphatic rings. The van der Waals surface area contributed by atoms with Gasteiger partial charge in [-0.05, 0) is 49.9 Å². The molecule has 7 nitrogen and oxygen atoms in total. The Kier molecular flexibility index (Phi) is 5.30. The Bertz CT molecular complexity index is 1010. The maximum Gasteiger partial charge on any atom is 0.208 e. The zero-order valence-corrected chi connectivity index (χ0v) is 17.5. The van der Waals surface area contributed by atoms with E-state index in [0.717, 1.165) is 17.9 Å². The Morgan fingerprint density at radius 2 is 2.10 bits per heavy atom. The van der Waals surface area contributed by atoms with Crippen LogP contribution in [-0.4, -0.2) is 55.6 Å². The molecule has 9 heteroatoms. The van der Waals surface area contributed by atoms with Gasteiger partial charge in [-0.15, -0.1) is 0 Å². The van der Waals surface area contributed by atoms with Crippen LogP contribution < -0.4 is 10.1 Å². The molecule has 1 aliphatic heterocycles. The van der Waals surface area contributed by atoms with Gasteiger partial charge in [0.1, 0.15) is 29.5 Å². The zero-order chi connectivity index (χ0) is 20.5. The van der Waals surface area contributed by atoms with E-state index in [1.165, 1.54) is 24.4 Å². The fraction of sp³-hybridized carbons (Fsp3) is 0.429. The number of hydrogen-bond acceptors (Lipinski definition) is 8. The summed E-state index contributed by atoms with van der Waals surface area (Å²) in [5.41, 5.74) is 1.67. The molecule has 3 aromatic rings. The van der Waals surface area contributed by atoms with Crippen LogP contribution in [-0.2, 0) is 0 Å². The van der Waals surface area contributed by atoms with Crippen molar-refractivity contribution in [3.05, 3.63) is 42.2 Å². The maximum atomic E-state index is 14.5. The first kappa shape index (κ1) is 19.3. The summed E-state index contributed by atoms with van der Waals surface area (Å²) in [5.74, 6) is 1.86. The zero-order valence-electron chi connectivity index (χ0n) is 16.7. The molecule has 5 rings (SSSR count). The van der Waals surface area contributed by atoms with E-state index in [0.29, 0.717) is 41.4 Å². The number of nitrogens with one attached hydrogen (secondary N) is 1. The third-order valence-electron chi connectivity index (χ3n) is 5.49. The van der Waals surface area contributed by atoms with Crippen LogP contribution in [0.3, 0.4) is 0 Å². The first-order valence-electron chi connectivity index (χ1n) is 10.2. The van der Waals surface area contributed by atoms with Gasteiger partial charge in [0, 0.05) is 36.9 Å². The van der Waals surface area contributed by atoms with Crippen LogP contribution in [0.25, 0.3) is 11.5 Å². The van der Waals surface area contributed by atoms with Gasteiger partial charge >= 0.3 is 0 Å². The standard InChI is InChI=1S/C21H23FN6OS/c1-13-3-2-9-23-19(13)25-21-26-20(27-30-21)17-7-6-15(11-24-17)29-18-8-10-28(12-16(18)22)14-4-5-14/h2-3,6-7,9,11,14,16,18H,4-5,8,10,12H2,1H3,(H,23,25,26,27)/t16-,18-/m1/s1. The summed E-state index contributed by atoms with van der Waals surface area (Å²) in [6.45, 7) is 3.35. The molecule has 2 fully saturated rings. The fourth-order valence-corrected chi connectivity index (χ4v) is 4.24. The number of ether oxygens (including phenoxy) is 1. The number of anilines is 2. The molecule has 3 aromatic heterocycles. The molecule has 2 atom stereocenters. The lowest BCUT2D eigenvalue weighted by Gasteiger charge is -2.34. The quantitative estimate of drug-likeness (QED) is 0.638. The molecule has 0 spiro atoms. The number of aryl methyl sites for hydroxylation is 1. The largest absolute Gasteiger partial charge is 0.486 e. The molecular weight excluding hydrogens is 403 g/mol. The number of nitrogens with zero attached hydrogens (tertiary/aromatic N) is 5. The highest BCUT2D eigenvalue weighted by molar-refractivity contribution is 7.09. The summed E-state index contributed by atoms with van der Waals surface area (Å²) in [5, 5.41) is 3.83. The van der Waals surface area contributed by atoms with E-state index in [1.807, 2.05) is 19.1 Å². The van der Waals surface area contributed by atoms with E-state index in [2.05, 4.69) is 29.5 Å². The molecule has 0 amide bonds. The minimum absolute atomic E-state index is 0.414. The summed E-state index contributed by atoms with van der Waals surface area (Å²) in [4.78, 5) is 15.5. The average molecular weight is 427 g/mol. The second-order valence-corrected chi connectivity index (χ2v) is 8.54. The molecule has 0 unspecified atom stereocenters. The summed E-state index contributed by atoms with van der Waals surface area (Å²) in [6, 6.07) is 8.08. The molecule has 1 saturated carbocycles. The molecular formula is C21H23FN6OS. The predicted molar refractivity (Wildman–Crippen MR) is 114 cm³/mol. The van der Waals surface area contributed by atoms with E-state index >= 15 is 0 Å². The van der Waals surface area contributed by atoms with E-state index < -0.39 is 12.3 Å². The highest BCUT2D eigenvalue weighted by Gasteiger charge is 2.37. The lowest BCUT2D eigenvalue weighted by molar-refractivity contribution is 0.0188. The van der Waals surface area contributed by atoms with Crippen molar-refractivity contribution in [2.45, 2.75) is 44.5 Å². The van der Waals surface area contributed by atoms with E-state index in [1.54, 1.807) is 24.5 Å². The highest BCUT2D eigenvalue weighted by Crippen LogP contribution is 2.31. The molecule has 30 heavy (non-hydrogen) atoms. The first-order chi connectivity index (χ1) is 14.7. The third kappa shape index (κ3) is 4.27. The number of aromatic nitrogens is 4. The van der Waals surface area contributed by atoms with Crippen LogP contribution in [0.1, 0.15) is 24.8 Å². The van der Waals surface area contributed by atoms with Gasteiger partial charge in [0.25, 0.3) is 0 Å². The van der Waals surface area contributed by atoms with Gasteiger partial charge < -0.3 is 10.1 Å². The van der Waals surface area contributed by atoms with Crippen LogP contribution in [0.15, 0.2) is 36.7 Å². The van der Waals surface area contributed by atoms with Crippen LogP contribution in [0.4, 0.5) is 15.3 Å². The van der Waals surface area contributed by atoms with Crippen molar-refractivity contribution in [3.8, 4) is 17.3 Å². The Morgan fingerprint density at radius 3 is 2.83 bits per heavy atom. The predicted octanol–water partition coefficient (Wildman–Crippen LogP) is 4.00. The van der Waals surface area contributed by atoms with Gasteiger partial charge in [-0.2, -0.15) is 9.36 Å². The minimum Gasteiger partial charge on any atom is -0.486 e. The van der Waals surface area contributed by atoms with Crippen LogP contribution in [0.2, 0.25) is 0 Å². The van der Waals surface area contributed by atoms with E-state index in [-0.39, 0.29) is 0 Å². The van der Waals surface area contributed by atoms with Crippen molar-refractivity contribution in [1.29, 1.82) is 0 Å². The molecule has 0 aromatic carbocycles. The minimum atomic E-state index is -0.970. The fourth-order valence-electron chi connectivity index (χ4n) is 3.66. The van der Waals surface area contributed by atoms with Crippen molar-refractivity contribution in [2.24, 2.45) is 0 Å². The van der Waals surface area contributed by atoms with Gasteiger partial charge in [0.15, 0.2) is 5.82 Å². The van der Waals surface area contributed by atoms with Crippen molar-refractivity contribution >= 4 is 22.5 Å². The van der Waals surface area contributed by atoms with Crippen LogP contribution >= 0.6 is 11.5 Å². The van der Waals surface area contributed by atoms with Gasteiger partial charge in [-0.1, -0.05) is 6.07 Å². The third-order valence-corrected chi connectivity index (χ3v) is 6.12. The number of piperidine rings is 1. The second kappa shape index (κ2) is 8.23. The van der Waals surface area contributed by atoms with E-state index in [4.69, 9.17) is 4.74 Å². The lowest BCUT2D eigenvalue weighted by Crippen LogP contribution is -2.47. The summed E-state index contributed by atoms with van der Waals surface area (Å²) in [6.07, 6.45) is 5.07. The van der Waals surface area contributed by atoms with Gasteiger partial charge in [-0.3, -0.25) is 4.90 Å². The number of pyridine rings is 2. The molecule has 1 N–H and O–H groups in total. The van der Waals surface area contributed by atoms with Crippen LogP contribution in [0, 0.1) is 6.92 Å². The topological polar surface area (TPSA) is 76.1 Å². The van der Waals surface area contributed by atoms with Crippen molar-refractivity contribution in [3.63, 3.8) is 0 Å². The van der Waals surface area contributed by atoms with Crippen molar-refractivity contribution in [2.75, 3.05) is 18.4 Å². The van der Waals surface area contributed by atoms with E-state index in [9.17, 15) is 4.39 Å². The molecule has 1 aliphatic carbocycles. The number of rotatable bonds is 6. The SMILES string of the molecule is Cc1cccnc1Nc1nc(-c2ccc(O[C@@H]3CCN(C4CC4)C[C@H]3F)cn2)ns1. The Hall–Kier alpha value is -2.65. The van der Waals surface area contributed by atoms with Gasteiger partial charge in [0.2, 0.25) is 5.13 Å². The molecule has 1 saturated heterocycles. The number of halogens is 1. The molecule has 156 valence electrons. The number of alkyl halides is 1. The summed E-state index contributed by atoms with van der Waals surface area (Å²) < 4.78 is 24.8. The molecule has 4 heterocycles. The average Bonchev–Trinajstić information content (AvgIpc) is 3.51. The second-order valence-electron chi connectivity index (χ2n) is 7.78. The smallest absolute Gasteiger partial charge is 0.208 e. The molecule has 0 bridgehead atoms. The normalized spacial score (nSPS) is 22.1. The lowest BCUT2D eigenvalue weighted by atomic mass is 10.1. The number of likely N-dealkylation sites (tertiary alicyclic amines) is 1. The summed E-state index contributed by atoms with van der Waals surface area (Å²) >= 11 is 1.25. The summed E-state index contributed by atoms with van der Waals surface area (Å²) in [7, 11) is 0. The monoisotopic (exact) mass is 426 g/mol. The maximum absolute atomic E-state index is 14.5. The van der Waals surface area contributed by atoms with Crippen molar-refractivity contribution in [1.82, 2.24) is 24.2 Å². The Morgan fingerprint density at radius 1 is 1.20 bits per heavy atom. The van der Waals surface area contributed by atoms with Gasteiger partial charge in [-0.25, -0.2) is 14.4 Å². The van der Waals surface area contributed by atoms with Gasteiger partial charge in [0.05, 0.1) is 6.20 Å². The first-order valence-corrected chi connectivity index (χ1v) is 11.0.